The van der Waals surface area contributed by atoms with Gasteiger partial charge in [0, 0.05) is 18.6 Å². The highest BCUT2D eigenvalue weighted by Gasteiger charge is 2.41. The summed E-state index contributed by atoms with van der Waals surface area (Å²) in [4.78, 5) is 2.71. The first kappa shape index (κ1) is 12.2. The summed E-state index contributed by atoms with van der Waals surface area (Å²) in [7, 11) is 0. The van der Waals surface area contributed by atoms with Crippen molar-refractivity contribution in [3.8, 4) is 0 Å². The molecule has 1 heterocycles. The minimum atomic E-state index is 0.192. The van der Waals surface area contributed by atoms with E-state index in [-0.39, 0.29) is 5.54 Å². The number of hydrogen-bond acceptors (Lipinski definition) is 1. The molecule has 2 atom stereocenters. The molecule has 1 saturated carbocycles. The van der Waals surface area contributed by atoms with Crippen LogP contribution in [0.2, 0.25) is 0 Å². The van der Waals surface area contributed by atoms with E-state index in [1.165, 1.54) is 43.5 Å². The predicted molar refractivity (Wildman–Crippen MR) is 76.6 cm³/mol. The molecule has 0 spiro atoms. The van der Waals surface area contributed by atoms with Crippen LogP contribution in [0.1, 0.15) is 44.2 Å². The fourth-order valence-electron chi connectivity index (χ4n) is 3.84. The highest BCUT2D eigenvalue weighted by Crippen LogP contribution is 2.42. The third kappa shape index (κ3) is 1.99. The van der Waals surface area contributed by atoms with E-state index in [9.17, 15) is 0 Å². The lowest BCUT2D eigenvalue weighted by Gasteiger charge is -2.37. The lowest BCUT2D eigenvalue weighted by Crippen LogP contribution is -2.40. The molecule has 2 fully saturated rings. The number of aryl methyl sites for hydroxylation is 1. The van der Waals surface area contributed by atoms with Crippen LogP contribution in [0.5, 0.6) is 0 Å². The standard InChI is InChI=1S/C17H25N/c1-13-7-9-16(10-8-13)17(2,3)18-11-14-5-4-6-15(14)12-18/h7-10,14-15H,4-6,11-12H2,1-3H3. The average Bonchev–Trinajstić information content (AvgIpc) is 2.89. The summed E-state index contributed by atoms with van der Waals surface area (Å²) in [5.41, 5.74) is 3.01. The van der Waals surface area contributed by atoms with E-state index in [0.29, 0.717) is 0 Å². The largest absolute Gasteiger partial charge is 0.294 e. The molecule has 2 unspecified atom stereocenters. The maximum atomic E-state index is 2.71. The minimum absolute atomic E-state index is 0.192. The number of benzene rings is 1. The van der Waals surface area contributed by atoms with Crippen LogP contribution in [-0.4, -0.2) is 18.0 Å². The molecule has 0 N–H and O–H groups in total. The highest BCUT2D eigenvalue weighted by atomic mass is 15.2. The molecule has 1 nitrogen and oxygen atoms in total. The number of rotatable bonds is 2. The Labute approximate surface area is 111 Å². The average molecular weight is 243 g/mol. The lowest BCUT2D eigenvalue weighted by atomic mass is 9.91. The zero-order valence-corrected chi connectivity index (χ0v) is 11.9. The van der Waals surface area contributed by atoms with Gasteiger partial charge in [-0.15, -0.1) is 0 Å². The van der Waals surface area contributed by atoms with Gasteiger partial charge in [0.1, 0.15) is 0 Å². The van der Waals surface area contributed by atoms with Gasteiger partial charge in [-0.25, -0.2) is 0 Å². The molecule has 3 rings (SSSR count). The molecular weight excluding hydrogens is 218 g/mol. The van der Waals surface area contributed by atoms with Gasteiger partial charge in [-0.2, -0.15) is 0 Å². The van der Waals surface area contributed by atoms with Crippen molar-refractivity contribution in [1.82, 2.24) is 4.90 Å². The van der Waals surface area contributed by atoms with Gasteiger partial charge in [-0.05, 0) is 51.0 Å². The highest BCUT2D eigenvalue weighted by molar-refractivity contribution is 5.27. The first-order chi connectivity index (χ1) is 8.57. The van der Waals surface area contributed by atoms with Gasteiger partial charge in [0.05, 0.1) is 0 Å². The smallest absolute Gasteiger partial charge is 0.0404 e. The SMILES string of the molecule is Cc1ccc(C(C)(C)N2CC3CCCC3C2)cc1. The third-order valence-corrected chi connectivity index (χ3v) is 5.27. The molecule has 0 radical (unpaired) electrons. The Hall–Kier alpha value is -0.820. The van der Waals surface area contributed by atoms with E-state index in [1.807, 2.05) is 0 Å². The number of fused-ring (bicyclic) bond motifs is 1. The van der Waals surface area contributed by atoms with Crippen LogP contribution in [0.15, 0.2) is 24.3 Å². The summed E-state index contributed by atoms with van der Waals surface area (Å²) < 4.78 is 0. The number of nitrogens with zero attached hydrogens (tertiary/aromatic N) is 1. The Kier molecular flexibility index (Phi) is 2.97. The van der Waals surface area contributed by atoms with E-state index in [4.69, 9.17) is 0 Å². The quantitative estimate of drug-likeness (QED) is 0.760. The molecule has 1 aromatic rings. The van der Waals surface area contributed by atoms with Gasteiger partial charge in [0.25, 0.3) is 0 Å². The topological polar surface area (TPSA) is 3.24 Å². The maximum absolute atomic E-state index is 2.71. The van der Waals surface area contributed by atoms with Crippen LogP contribution in [0, 0.1) is 18.8 Å². The van der Waals surface area contributed by atoms with Crippen LogP contribution in [0.25, 0.3) is 0 Å². The molecule has 18 heavy (non-hydrogen) atoms. The normalized spacial score (nSPS) is 28.6. The van der Waals surface area contributed by atoms with E-state index < -0.39 is 0 Å². The van der Waals surface area contributed by atoms with Crippen molar-refractivity contribution in [3.05, 3.63) is 35.4 Å². The zero-order chi connectivity index (χ0) is 12.8. The zero-order valence-electron chi connectivity index (χ0n) is 11.9. The van der Waals surface area contributed by atoms with Crippen LogP contribution in [0.4, 0.5) is 0 Å². The van der Waals surface area contributed by atoms with Gasteiger partial charge in [0.15, 0.2) is 0 Å². The summed E-state index contributed by atoms with van der Waals surface area (Å²) >= 11 is 0. The first-order valence-corrected chi connectivity index (χ1v) is 7.39. The van der Waals surface area contributed by atoms with Crippen molar-refractivity contribution in [1.29, 1.82) is 0 Å². The summed E-state index contributed by atoms with van der Waals surface area (Å²) in [6.45, 7) is 9.56. The Morgan fingerprint density at radius 3 is 2.11 bits per heavy atom. The van der Waals surface area contributed by atoms with Crippen molar-refractivity contribution in [3.63, 3.8) is 0 Å². The van der Waals surface area contributed by atoms with Crippen LogP contribution in [0.3, 0.4) is 0 Å². The third-order valence-electron chi connectivity index (χ3n) is 5.27. The minimum Gasteiger partial charge on any atom is -0.294 e. The van der Waals surface area contributed by atoms with Crippen molar-refractivity contribution in [2.45, 2.75) is 45.6 Å². The van der Waals surface area contributed by atoms with Gasteiger partial charge in [-0.1, -0.05) is 36.2 Å². The Bertz CT molecular complexity index is 406. The van der Waals surface area contributed by atoms with E-state index in [0.717, 1.165) is 11.8 Å². The molecule has 0 bridgehead atoms. The van der Waals surface area contributed by atoms with Crippen LogP contribution in [-0.2, 0) is 5.54 Å². The molecule has 1 aliphatic carbocycles. The maximum Gasteiger partial charge on any atom is 0.0404 e. The van der Waals surface area contributed by atoms with Crippen molar-refractivity contribution >= 4 is 0 Å². The van der Waals surface area contributed by atoms with Crippen molar-refractivity contribution in [2.24, 2.45) is 11.8 Å². The fraction of sp³-hybridized carbons (Fsp3) is 0.647. The molecule has 1 heteroatoms. The van der Waals surface area contributed by atoms with Crippen LogP contribution < -0.4 is 0 Å². The van der Waals surface area contributed by atoms with Crippen molar-refractivity contribution < 1.29 is 0 Å². The van der Waals surface area contributed by atoms with Gasteiger partial charge in [-0.3, -0.25) is 4.90 Å². The van der Waals surface area contributed by atoms with E-state index in [2.05, 4.69) is 49.9 Å². The summed E-state index contributed by atoms with van der Waals surface area (Å²) in [5, 5.41) is 0. The fourth-order valence-corrected chi connectivity index (χ4v) is 3.84. The monoisotopic (exact) mass is 243 g/mol. The second kappa shape index (κ2) is 4.38. The second-order valence-corrected chi connectivity index (χ2v) is 6.78. The molecule has 98 valence electrons. The summed E-state index contributed by atoms with van der Waals surface area (Å²) in [5.74, 6) is 1.96. The molecule has 2 aliphatic rings. The van der Waals surface area contributed by atoms with E-state index >= 15 is 0 Å². The second-order valence-electron chi connectivity index (χ2n) is 6.78. The van der Waals surface area contributed by atoms with Crippen LogP contribution >= 0.6 is 0 Å². The lowest BCUT2D eigenvalue weighted by molar-refractivity contribution is 0.142. The van der Waals surface area contributed by atoms with E-state index in [1.54, 1.807) is 0 Å². The molecule has 0 aromatic heterocycles. The predicted octanol–water partition coefficient (Wildman–Crippen LogP) is 3.96. The van der Waals surface area contributed by atoms with Gasteiger partial charge >= 0.3 is 0 Å². The first-order valence-electron chi connectivity index (χ1n) is 7.39. The molecule has 1 aromatic carbocycles. The van der Waals surface area contributed by atoms with Gasteiger partial charge < -0.3 is 0 Å². The number of likely N-dealkylation sites (tertiary alicyclic amines) is 1. The number of hydrogen-bond donors (Lipinski definition) is 0. The summed E-state index contributed by atoms with van der Waals surface area (Å²) in [6, 6.07) is 9.11. The molecule has 0 amide bonds. The van der Waals surface area contributed by atoms with Crippen molar-refractivity contribution in [2.75, 3.05) is 13.1 Å². The molecule has 1 aliphatic heterocycles. The Balaban J connectivity index is 1.80. The Morgan fingerprint density at radius 2 is 1.56 bits per heavy atom. The van der Waals surface area contributed by atoms with Gasteiger partial charge in [0.2, 0.25) is 0 Å². The molecule has 1 saturated heterocycles. The molecular formula is C17H25N. The summed E-state index contributed by atoms with van der Waals surface area (Å²) in [6.07, 6.45) is 4.39. The Morgan fingerprint density at radius 1 is 1.00 bits per heavy atom.